The molecular formula is C14H21N3O. The summed E-state index contributed by atoms with van der Waals surface area (Å²) in [5.41, 5.74) is 1.11. The molecule has 3 rings (SSSR count). The molecule has 0 radical (unpaired) electrons. The van der Waals surface area contributed by atoms with Crippen LogP contribution in [0, 0.1) is 5.92 Å². The maximum Gasteiger partial charge on any atom is 0.213 e. The molecule has 2 fully saturated rings. The van der Waals surface area contributed by atoms with E-state index >= 15 is 0 Å². The van der Waals surface area contributed by atoms with Crippen molar-refractivity contribution in [1.82, 2.24) is 15.2 Å². The summed E-state index contributed by atoms with van der Waals surface area (Å²) in [5.74, 6) is 1.62. The summed E-state index contributed by atoms with van der Waals surface area (Å²) >= 11 is 0. The van der Waals surface area contributed by atoms with Gasteiger partial charge in [-0.2, -0.15) is 0 Å². The van der Waals surface area contributed by atoms with Crippen molar-refractivity contribution in [2.75, 3.05) is 26.7 Å². The largest absolute Gasteiger partial charge is 0.481 e. The van der Waals surface area contributed by atoms with Gasteiger partial charge in [0.2, 0.25) is 5.88 Å². The Morgan fingerprint density at radius 2 is 2.33 bits per heavy atom. The molecule has 0 spiro atoms. The molecule has 0 aromatic carbocycles. The van der Waals surface area contributed by atoms with Crippen molar-refractivity contribution < 1.29 is 4.74 Å². The third kappa shape index (κ3) is 2.65. The lowest BCUT2D eigenvalue weighted by Gasteiger charge is -2.36. The van der Waals surface area contributed by atoms with Crippen molar-refractivity contribution in [3.05, 3.63) is 23.9 Å². The molecule has 4 heteroatoms. The molecular weight excluding hydrogens is 226 g/mol. The van der Waals surface area contributed by atoms with E-state index in [1.165, 1.54) is 12.8 Å². The van der Waals surface area contributed by atoms with Gasteiger partial charge in [-0.1, -0.05) is 6.07 Å². The van der Waals surface area contributed by atoms with E-state index in [1.54, 1.807) is 7.11 Å². The molecule has 1 atom stereocenters. The van der Waals surface area contributed by atoms with E-state index in [1.807, 2.05) is 12.1 Å². The van der Waals surface area contributed by atoms with Crippen LogP contribution < -0.4 is 10.1 Å². The fraction of sp³-hybridized carbons (Fsp3) is 0.643. The SMILES string of the molecule is COc1cccc(CN2CCNCC2C2CC2)n1. The van der Waals surface area contributed by atoms with Gasteiger partial charge in [-0.15, -0.1) is 0 Å². The smallest absolute Gasteiger partial charge is 0.213 e. The molecule has 2 heterocycles. The van der Waals surface area contributed by atoms with Gasteiger partial charge in [-0.25, -0.2) is 4.98 Å². The summed E-state index contributed by atoms with van der Waals surface area (Å²) < 4.78 is 5.19. The minimum absolute atomic E-state index is 0.701. The van der Waals surface area contributed by atoms with E-state index in [2.05, 4.69) is 21.3 Å². The van der Waals surface area contributed by atoms with Crippen LogP contribution in [0.3, 0.4) is 0 Å². The number of pyridine rings is 1. The Labute approximate surface area is 108 Å². The third-order valence-corrected chi connectivity index (χ3v) is 3.92. The van der Waals surface area contributed by atoms with Crippen molar-refractivity contribution >= 4 is 0 Å². The molecule has 1 aromatic heterocycles. The highest BCUT2D eigenvalue weighted by Crippen LogP contribution is 2.36. The van der Waals surface area contributed by atoms with Gasteiger partial charge in [0, 0.05) is 38.3 Å². The number of piperazine rings is 1. The molecule has 0 amide bonds. The zero-order valence-corrected chi connectivity index (χ0v) is 10.9. The van der Waals surface area contributed by atoms with E-state index in [-0.39, 0.29) is 0 Å². The first-order valence-electron chi connectivity index (χ1n) is 6.81. The molecule has 1 saturated carbocycles. The van der Waals surface area contributed by atoms with Gasteiger partial charge in [0.05, 0.1) is 12.8 Å². The minimum atomic E-state index is 0.701. The standard InChI is InChI=1S/C14H21N3O/c1-18-14-4-2-3-12(16-14)10-17-8-7-15-9-13(17)11-5-6-11/h2-4,11,13,15H,5-10H2,1H3. The van der Waals surface area contributed by atoms with E-state index in [9.17, 15) is 0 Å². The maximum absolute atomic E-state index is 5.19. The summed E-state index contributed by atoms with van der Waals surface area (Å²) in [6.45, 7) is 4.29. The van der Waals surface area contributed by atoms with Crippen molar-refractivity contribution in [3.8, 4) is 5.88 Å². The lowest BCUT2D eigenvalue weighted by Crippen LogP contribution is -2.51. The second-order valence-electron chi connectivity index (χ2n) is 5.25. The average Bonchev–Trinajstić information content (AvgIpc) is 3.24. The predicted octanol–water partition coefficient (Wildman–Crippen LogP) is 1.27. The monoisotopic (exact) mass is 247 g/mol. The topological polar surface area (TPSA) is 37.4 Å². The minimum Gasteiger partial charge on any atom is -0.481 e. The molecule has 0 bridgehead atoms. The van der Waals surface area contributed by atoms with Gasteiger partial charge in [-0.3, -0.25) is 4.90 Å². The number of aromatic nitrogens is 1. The van der Waals surface area contributed by atoms with Gasteiger partial charge >= 0.3 is 0 Å². The number of hydrogen-bond acceptors (Lipinski definition) is 4. The van der Waals surface area contributed by atoms with E-state index in [0.29, 0.717) is 11.9 Å². The van der Waals surface area contributed by atoms with Crippen LogP contribution in [-0.4, -0.2) is 42.7 Å². The van der Waals surface area contributed by atoms with E-state index in [4.69, 9.17) is 4.74 Å². The summed E-state index contributed by atoms with van der Waals surface area (Å²) in [6, 6.07) is 6.72. The molecule has 1 N–H and O–H groups in total. The van der Waals surface area contributed by atoms with Gasteiger partial charge < -0.3 is 10.1 Å². The van der Waals surface area contributed by atoms with Gasteiger partial charge in [0.25, 0.3) is 0 Å². The van der Waals surface area contributed by atoms with Crippen LogP contribution in [0.5, 0.6) is 5.88 Å². The maximum atomic E-state index is 5.19. The van der Waals surface area contributed by atoms with E-state index in [0.717, 1.165) is 37.8 Å². The number of nitrogens with one attached hydrogen (secondary N) is 1. The first-order valence-corrected chi connectivity index (χ1v) is 6.81. The van der Waals surface area contributed by atoms with Crippen LogP contribution in [0.2, 0.25) is 0 Å². The number of nitrogens with zero attached hydrogens (tertiary/aromatic N) is 2. The normalized spacial score (nSPS) is 25.1. The highest BCUT2D eigenvalue weighted by molar-refractivity contribution is 5.16. The first-order chi connectivity index (χ1) is 8.86. The van der Waals surface area contributed by atoms with Crippen molar-refractivity contribution in [1.29, 1.82) is 0 Å². The summed E-state index contributed by atoms with van der Waals surface area (Å²) in [7, 11) is 1.67. The fourth-order valence-electron chi connectivity index (χ4n) is 2.78. The van der Waals surface area contributed by atoms with Crippen LogP contribution in [0.4, 0.5) is 0 Å². The van der Waals surface area contributed by atoms with Crippen LogP contribution in [0.15, 0.2) is 18.2 Å². The summed E-state index contributed by atoms with van der Waals surface area (Å²) in [6.07, 6.45) is 2.79. The van der Waals surface area contributed by atoms with E-state index < -0.39 is 0 Å². The average molecular weight is 247 g/mol. The molecule has 18 heavy (non-hydrogen) atoms. The molecule has 4 nitrogen and oxygen atoms in total. The second kappa shape index (κ2) is 5.24. The lowest BCUT2D eigenvalue weighted by atomic mass is 10.1. The highest BCUT2D eigenvalue weighted by atomic mass is 16.5. The summed E-state index contributed by atoms with van der Waals surface area (Å²) in [5, 5.41) is 3.51. The molecule has 1 aliphatic heterocycles. The second-order valence-corrected chi connectivity index (χ2v) is 5.25. The van der Waals surface area contributed by atoms with Crippen LogP contribution in [-0.2, 0) is 6.54 Å². The third-order valence-electron chi connectivity index (χ3n) is 3.92. The zero-order valence-electron chi connectivity index (χ0n) is 10.9. The number of ether oxygens (including phenoxy) is 1. The Bertz CT molecular complexity index is 406. The Morgan fingerprint density at radius 3 is 3.11 bits per heavy atom. The fourth-order valence-corrected chi connectivity index (χ4v) is 2.78. The molecule has 1 aliphatic carbocycles. The molecule has 98 valence electrons. The Morgan fingerprint density at radius 1 is 1.44 bits per heavy atom. The molecule has 2 aliphatic rings. The molecule has 1 saturated heterocycles. The summed E-state index contributed by atoms with van der Waals surface area (Å²) in [4.78, 5) is 7.09. The predicted molar refractivity (Wildman–Crippen MR) is 70.6 cm³/mol. The Kier molecular flexibility index (Phi) is 3.48. The number of methoxy groups -OCH3 is 1. The number of hydrogen-bond donors (Lipinski definition) is 1. The van der Waals surface area contributed by atoms with Crippen molar-refractivity contribution in [2.24, 2.45) is 5.92 Å². The van der Waals surface area contributed by atoms with Gasteiger partial charge in [-0.05, 0) is 24.8 Å². The van der Waals surface area contributed by atoms with Crippen LogP contribution in [0.1, 0.15) is 18.5 Å². The zero-order chi connectivity index (χ0) is 12.4. The van der Waals surface area contributed by atoms with Gasteiger partial charge in [0.1, 0.15) is 0 Å². The molecule has 1 unspecified atom stereocenters. The lowest BCUT2D eigenvalue weighted by molar-refractivity contribution is 0.134. The quantitative estimate of drug-likeness (QED) is 0.869. The van der Waals surface area contributed by atoms with Crippen LogP contribution in [0.25, 0.3) is 0 Å². The van der Waals surface area contributed by atoms with Crippen LogP contribution >= 0.6 is 0 Å². The Balaban J connectivity index is 1.69. The number of rotatable bonds is 4. The highest BCUT2D eigenvalue weighted by Gasteiger charge is 2.36. The van der Waals surface area contributed by atoms with Crippen molar-refractivity contribution in [3.63, 3.8) is 0 Å². The Hall–Kier alpha value is -1.13. The van der Waals surface area contributed by atoms with Crippen molar-refractivity contribution in [2.45, 2.75) is 25.4 Å². The first kappa shape index (κ1) is 11.9. The molecule has 1 aromatic rings. The van der Waals surface area contributed by atoms with Gasteiger partial charge in [0.15, 0.2) is 0 Å².